The van der Waals surface area contributed by atoms with Gasteiger partial charge in [-0.3, -0.25) is 0 Å². The standard InChI is InChI=1S/C24H27NS/c1-4-5-18-26-24-16-14-23(15-17-24)25(21-10-6-19(2)7-11-21)22-12-8-20(3)9-13-22/h6-17H,4-5,18H2,1-3H3. The highest BCUT2D eigenvalue weighted by atomic mass is 32.2. The molecule has 134 valence electrons. The maximum Gasteiger partial charge on any atom is 0.0462 e. The van der Waals surface area contributed by atoms with Crippen LogP contribution in [0, 0.1) is 13.8 Å². The van der Waals surface area contributed by atoms with Crippen LogP contribution in [0.2, 0.25) is 0 Å². The smallest absolute Gasteiger partial charge is 0.0462 e. The molecule has 0 N–H and O–H groups in total. The molecule has 2 heteroatoms. The molecule has 0 spiro atoms. The van der Waals surface area contributed by atoms with E-state index >= 15 is 0 Å². The second-order valence-corrected chi connectivity index (χ2v) is 7.87. The van der Waals surface area contributed by atoms with E-state index in [0.29, 0.717) is 0 Å². The van der Waals surface area contributed by atoms with Crippen LogP contribution in [-0.2, 0) is 0 Å². The topological polar surface area (TPSA) is 3.24 Å². The number of hydrogen-bond donors (Lipinski definition) is 0. The summed E-state index contributed by atoms with van der Waals surface area (Å²) in [6, 6.07) is 26.4. The molecule has 0 saturated heterocycles. The zero-order valence-corrected chi connectivity index (χ0v) is 16.7. The third-order valence-corrected chi connectivity index (χ3v) is 5.54. The van der Waals surface area contributed by atoms with Crippen LogP contribution in [0.3, 0.4) is 0 Å². The highest BCUT2D eigenvalue weighted by molar-refractivity contribution is 7.99. The van der Waals surface area contributed by atoms with Gasteiger partial charge >= 0.3 is 0 Å². The molecule has 0 bridgehead atoms. The van der Waals surface area contributed by atoms with Crippen LogP contribution in [0.25, 0.3) is 0 Å². The van der Waals surface area contributed by atoms with E-state index in [-0.39, 0.29) is 0 Å². The van der Waals surface area contributed by atoms with Gasteiger partial charge in [0, 0.05) is 22.0 Å². The fourth-order valence-electron chi connectivity index (χ4n) is 2.86. The number of rotatable bonds is 7. The predicted molar refractivity (Wildman–Crippen MR) is 116 cm³/mol. The van der Waals surface area contributed by atoms with E-state index < -0.39 is 0 Å². The van der Waals surface area contributed by atoms with E-state index in [2.05, 4.69) is 98.5 Å². The summed E-state index contributed by atoms with van der Waals surface area (Å²) in [5, 5.41) is 0. The van der Waals surface area contributed by atoms with Crippen LogP contribution < -0.4 is 4.90 Å². The summed E-state index contributed by atoms with van der Waals surface area (Å²) in [6.45, 7) is 6.50. The summed E-state index contributed by atoms with van der Waals surface area (Å²) in [6.07, 6.45) is 2.52. The van der Waals surface area contributed by atoms with E-state index in [9.17, 15) is 0 Å². The Labute approximate surface area is 162 Å². The van der Waals surface area contributed by atoms with Gasteiger partial charge in [-0.2, -0.15) is 0 Å². The maximum atomic E-state index is 2.32. The molecular formula is C24H27NS. The van der Waals surface area contributed by atoms with Crippen molar-refractivity contribution in [2.75, 3.05) is 10.7 Å². The van der Waals surface area contributed by atoms with Crippen molar-refractivity contribution in [1.82, 2.24) is 0 Å². The highest BCUT2D eigenvalue weighted by Crippen LogP contribution is 2.35. The van der Waals surface area contributed by atoms with Crippen LogP contribution in [0.15, 0.2) is 77.7 Å². The Kier molecular flexibility index (Phi) is 6.40. The monoisotopic (exact) mass is 361 g/mol. The lowest BCUT2D eigenvalue weighted by Gasteiger charge is -2.26. The lowest BCUT2D eigenvalue weighted by molar-refractivity contribution is 0.896. The van der Waals surface area contributed by atoms with Crippen molar-refractivity contribution in [3.05, 3.63) is 83.9 Å². The summed E-state index contributed by atoms with van der Waals surface area (Å²) in [4.78, 5) is 3.66. The van der Waals surface area contributed by atoms with Crippen LogP contribution in [0.1, 0.15) is 30.9 Å². The first-order valence-corrected chi connectivity index (χ1v) is 10.3. The molecule has 0 aliphatic carbocycles. The summed E-state index contributed by atoms with van der Waals surface area (Å²) in [7, 11) is 0. The average molecular weight is 362 g/mol. The van der Waals surface area contributed by atoms with Gasteiger partial charge in [-0.1, -0.05) is 48.7 Å². The first-order chi connectivity index (χ1) is 12.7. The van der Waals surface area contributed by atoms with Crippen molar-refractivity contribution in [1.29, 1.82) is 0 Å². The van der Waals surface area contributed by atoms with Crippen molar-refractivity contribution in [3.63, 3.8) is 0 Å². The van der Waals surface area contributed by atoms with Crippen molar-refractivity contribution < 1.29 is 0 Å². The first-order valence-electron chi connectivity index (χ1n) is 9.33. The maximum absolute atomic E-state index is 2.32. The summed E-state index contributed by atoms with van der Waals surface area (Å²) in [5.74, 6) is 1.19. The van der Waals surface area contributed by atoms with E-state index in [0.717, 1.165) is 0 Å². The van der Waals surface area contributed by atoms with Gasteiger partial charge in [-0.15, -0.1) is 11.8 Å². The quantitative estimate of drug-likeness (QED) is 0.314. The van der Waals surface area contributed by atoms with Gasteiger partial charge in [0.15, 0.2) is 0 Å². The fraction of sp³-hybridized carbons (Fsp3) is 0.250. The predicted octanol–water partition coefficient (Wildman–Crippen LogP) is 7.67. The molecule has 1 nitrogen and oxygen atoms in total. The number of unbranched alkanes of at least 4 members (excludes halogenated alkanes) is 1. The van der Waals surface area contributed by atoms with Crippen LogP contribution in [0.5, 0.6) is 0 Å². The second kappa shape index (κ2) is 8.95. The molecule has 0 fully saturated rings. The number of nitrogens with zero attached hydrogens (tertiary/aromatic N) is 1. The van der Waals surface area contributed by atoms with Crippen molar-refractivity contribution in [3.8, 4) is 0 Å². The number of thioether (sulfide) groups is 1. The van der Waals surface area contributed by atoms with Gasteiger partial charge < -0.3 is 4.90 Å². The molecule has 0 aliphatic heterocycles. The van der Waals surface area contributed by atoms with Crippen molar-refractivity contribution in [2.24, 2.45) is 0 Å². The molecule has 0 unspecified atom stereocenters. The Morgan fingerprint density at radius 3 is 1.50 bits per heavy atom. The normalized spacial score (nSPS) is 10.7. The number of anilines is 3. The van der Waals surface area contributed by atoms with Gasteiger partial charge in [0.2, 0.25) is 0 Å². The van der Waals surface area contributed by atoms with Gasteiger partial charge in [0.05, 0.1) is 0 Å². The molecule has 0 saturated carbocycles. The van der Waals surface area contributed by atoms with E-state index in [1.165, 1.54) is 51.7 Å². The minimum absolute atomic E-state index is 1.19. The SMILES string of the molecule is CCCCSc1ccc(N(c2ccc(C)cc2)c2ccc(C)cc2)cc1. The highest BCUT2D eigenvalue weighted by Gasteiger charge is 2.12. The van der Waals surface area contributed by atoms with Gasteiger partial charge in [-0.25, -0.2) is 0 Å². The first kappa shape index (κ1) is 18.6. The van der Waals surface area contributed by atoms with Gasteiger partial charge in [0.25, 0.3) is 0 Å². The van der Waals surface area contributed by atoms with E-state index in [4.69, 9.17) is 0 Å². The molecule has 0 heterocycles. The zero-order chi connectivity index (χ0) is 18.4. The molecule has 0 amide bonds. The Balaban J connectivity index is 1.92. The minimum Gasteiger partial charge on any atom is -0.311 e. The Bertz CT molecular complexity index is 759. The molecule has 3 aromatic rings. The molecular weight excluding hydrogens is 334 g/mol. The second-order valence-electron chi connectivity index (χ2n) is 6.70. The molecule has 26 heavy (non-hydrogen) atoms. The molecule has 3 rings (SSSR count). The third kappa shape index (κ3) is 4.70. The summed E-state index contributed by atoms with van der Waals surface area (Å²) >= 11 is 1.94. The molecule has 0 aliphatic rings. The van der Waals surface area contributed by atoms with Crippen molar-refractivity contribution >= 4 is 28.8 Å². The number of benzene rings is 3. The zero-order valence-electron chi connectivity index (χ0n) is 15.9. The van der Waals surface area contributed by atoms with E-state index in [1.54, 1.807) is 0 Å². The van der Waals surface area contributed by atoms with Crippen molar-refractivity contribution in [2.45, 2.75) is 38.5 Å². The average Bonchev–Trinajstić information content (AvgIpc) is 2.66. The van der Waals surface area contributed by atoms with Gasteiger partial charge in [-0.05, 0) is 74.6 Å². The molecule has 0 radical (unpaired) electrons. The lowest BCUT2D eigenvalue weighted by atomic mass is 10.1. The third-order valence-electron chi connectivity index (χ3n) is 4.45. The Hall–Kier alpha value is -2.19. The summed E-state index contributed by atoms with van der Waals surface area (Å²) < 4.78 is 0. The number of aryl methyl sites for hydroxylation is 2. The Morgan fingerprint density at radius 1 is 0.654 bits per heavy atom. The Morgan fingerprint density at radius 2 is 1.08 bits per heavy atom. The van der Waals surface area contributed by atoms with Gasteiger partial charge in [0.1, 0.15) is 0 Å². The molecule has 0 aromatic heterocycles. The fourth-order valence-corrected chi connectivity index (χ4v) is 3.86. The summed E-state index contributed by atoms with van der Waals surface area (Å²) in [5.41, 5.74) is 6.12. The van der Waals surface area contributed by atoms with E-state index in [1.807, 2.05) is 11.8 Å². The molecule has 0 atom stereocenters. The molecule has 3 aromatic carbocycles. The van der Waals surface area contributed by atoms with Crippen LogP contribution in [-0.4, -0.2) is 5.75 Å². The van der Waals surface area contributed by atoms with Crippen LogP contribution >= 0.6 is 11.8 Å². The van der Waals surface area contributed by atoms with Crippen LogP contribution in [0.4, 0.5) is 17.1 Å². The number of hydrogen-bond acceptors (Lipinski definition) is 2. The largest absolute Gasteiger partial charge is 0.311 e. The lowest BCUT2D eigenvalue weighted by Crippen LogP contribution is -2.09. The minimum atomic E-state index is 1.19.